The number of benzene rings is 1. The predicted octanol–water partition coefficient (Wildman–Crippen LogP) is 2.38. The fourth-order valence-electron chi connectivity index (χ4n) is 2.72. The number of aromatic nitrogens is 2. The highest BCUT2D eigenvalue weighted by Gasteiger charge is 2.22. The van der Waals surface area contributed by atoms with E-state index in [4.69, 9.17) is 18.0 Å². The van der Waals surface area contributed by atoms with Crippen LogP contribution in [0.3, 0.4) is 0 Å². The molecule has 1 aromatic carbocycles. The first-order valence-corrected chi connectivity index (χ1v) is 9.62. The van der Waals surface area contributed by atoms with Gasteiger partial charge in [-0.15, -0.1) is 0 Å². The molecule has 0 unspecified atom stereocenters. The third-order valence-corrected chi connectivity index (χ3v) is 4.55. The van der Waals surface area contributed by atoms with Gasteiger partial charge in [-0.3, -0.25) is 14.3 Å². The Balaban J connectivity index is 2.52. The number of nitrogens with zero attached hydrogens (tertiary/aromatic N) is 2. The lowest BCUT2D eigenvalue weighted by molar-refractivity contribution is 0.604. The molecule has 0 aliphatic carbocycles. The minimum absolute atomic E-state index is 0.109. The van der Waals surface area contributed by atoms with Crippen molar-refractivity contribution in [3.63, 3.8) is 0 Å². The highest BCUT2D eigenvalue weighted by molar-refractivity contribution is 7.80. The number of unbranched alkanes of at least 4 members (excludes halogenated alkanes) is 1. The van der Waals surface area contributed by atoms with Crippen molar-refractivity contribution in [2.75, 3.05) is 17.2 Å². The number of H-pyrrole nitrogens is 1. The zero-order chi connectivity index (χ0) is 20.7. The molecule has 0 fully saturated rings. The molecule has 150 valence electrons. The summed E-state index contributed by atoms with van der Waals surface area (Å²) in [6, 6.07) is 9.61. The number of nitrogen functional groups attached to an aromatic ring is 1. The normalized spacial score (nSPS) is 10.5. The molecule has 1 heterocycles. The van der Waals surface area contributed by atoms with Crippen molar-refractivity contribution in [1.29, 1.82) is 0 Å². The van der Waals surface area contributed by atoms with Crippen LogP contribution in [0.2, 0.25) is 0 Å². The van der Waals surface area contributed by atoms with E-state index in [1.807, 2.05) is 44.2 Å². The van der Waals surface area contributed by atoms with Gasteiger partial charge in [-0.25, -0.2) is 4.79 Å². The molecule has 7 nitrogen and oxygen atoms in total. The SMILES string of the molecule is C=C(C)CNC(=S)N(Cc1ccccc1)c1c(N)n(CCCC)c(=O)[nH]c1=O. The summed E-state index contributed by atoms with van der Waals surface area (Å²) < 4.78 is 1.39. The Labute approximate surface area is 169 Å². The number of nitrogens with one attached hydrogen (secondary N) is 2. The molecule has 0 atom stereocenters. The zero-order valence-corrected chi connectivity index (χ0v) is 17.1. The monoisotopic (exact) mass is 401 g/mol. The van der Waals surface area contributed by atoms with Crippen LogP contribution < -0.4 is 27.2 Å². The molecule has 0 bridgehead atoms. The van der Waals surface area contributed by atoms with Crippen molar-refractivity contribution in [1.82, 2.24) is 14.9 Å². The van der Waals surface area contributed by atoms with Gasteiger partial charge >= 0.3 is 5.69 Å². The molecular formula is C20H27N5O2S. The standard InChI is InChI=1S/C20H27N5O2S/c1-4-5-11-24-17(21)16(18(26)23-19(24)27)25(20(28)22-12-14(2)3)13-15-9-7-6-8-10-15/h6-10H,2,4-5,11-13,21H2,1,3H3,(H,22,28)(H,23,26,27). The average Bonchev–Trinajstić information content (AvgIpc) is 2.65. The number of hydrogen-bond acceptors (Lipinski definition) is 4. The van der Waals surface area contributed by atoms with E-state index >= 15 is 0 Å². The Hall–Kier alpha value is -2.87. The fourth-order valence-corrected chi connectivity index (χ4v) is 2.94. The maximum atomic E-state index is 12.7. The lowest BCUT2D eigenvalue weighted by Gasteiger charge is -2.27. The van der Waals surface area contributed by atoms with E-state index in [0.717, 1.165) is 24.0 Å². The molecule has 0 aliphatic heterocycles. The van der Waals surface area contributed by atoms with Crippen molar-refractivity contribution in [3.05, 3.63) is 68.9 Å². The van der Waals surface area contributed by atoms with Gasteiger partial charge < -0.3 is 16.0 Å². The van der Waals surface area contributed by atoms with E-state index in [2.05, 4.69) is 16.9 Å². The van der Waals surface area contributed by atoms with E-state index in [0.29, 0.717) is 24.7 Å². The third kappa shape index (κ3) is 5.32. The second kappa shape index (κ2) is 9.89. The number of aromatic amines is 1. The van der Waals surface area contributed by atoms with Crippen LogP contribution in [0.5, 0.6) is 0 Å². The molecule has 4 N–H and O–H groups in total. The maximum absolute atomic E-state index is 12.7. The minimum atomic E-state index is -0.564. The molecule has 0 radical (unpaired) electrons. The zero-order valence-electron chi connectivity index (χ0n) is 16.3. The Kier molecular flexibility index (Phi) is 7.57. The number of rotatable bonds is 8. The van der Waals surface area contributed by atoms with Gasteiger partial charge in [0, 0.05) is 13.1 Å². The van der Waals surface area contributed by atoms with Gasteiger partial charge in [-0.2, -0.15) is 0 Å². The van der Waals surface area contributed by atoms with Gasteiger partial charge in [0.05, 0.1) is 6.54 Å². The van der Waals surface area contributed by atoms with Gasteiger partial charge in [-0.05, 0) is 31.1 Å². The molecule has 1 aromatic heterocycles. The molecule has 0 spiro atoms. The quantitative estimate of drug-likeness (QED) is 0.464. The molecule has 28 heavy (non-hydrogen) atoms. The average molecular weight is 402 g/mol. The summed E-state index contributed by atoms with van der Waals surface area (Å²) in [6.07, 6.45) is 1.67. The molecule has 8 heteroatoms. The Morgan fingerprint density at radius 1 is 1.32 bits per heavy atom. The summed E-state index contributed by atoms with van der Waals surface area (Å²) in [7, 11) is 0. The Morgan fingerprint density at radius 3 is 2.61 bits per heavy atom. The van der Waals surface area contributed by atoms with E-state index < -0.39 is 11.2 Å². The first kappa shape index (κ1) is 21.4. The summed E-state index contributed by atoms with van der Waals surface area (Å²) in [5.41, 5.74) is 7.21. The summed E-state index contributed by atoms with van der Waals surface area (Å²) >= 11 is 5.54. The first-order valence-electron chi connectivity index (χ1n) is 9.21. The van der Waals surface area contributed by atoms with Gasteiger partial charge in [0.1, 0.15) is 5.82 Å². The van der Waals surface area contributed by atoms with Crippen molar-refractivity contribution in [2.24, 2.45) is 0 Å². The van der Waals surface area contributed by atoms with E-state index in [1.165, 1.54) is 4.57 Å². The first-order chi connectivity index (χ1) is 13.3. The molecular weight excluding hydrogens is 374 g/mol. The summed E-state index contributed by atoms with van der Waals surface area (Å²) in [5, 5.41) is 3.43. The van der Waals surface area contributed by atoms with Crippen molar-refractivity contribution < 1.29 is 0 Å². The molecule has 2 rings (SSSR count). The van der Waals surface area contributed by atoms with Crippen LogP contribution in [-0.4, -0.2) is 21.2 Å². The number of anilines is 2. The van der Waals surface area contributed by atoms with Crippen molar-refractivity contribution in [3.8, 4) is 0 Å². The fraction of sp³-hybridized carbons (Fsp3) is 0.350. The molecule has 0 saturated carbocycles. The lowest BCUT2D eigenvalue weighted by Crippen LogP contribution is -2.45. The van der Waals surface area contributed by atoms with Crippen molar-refractivity contribution >= 4 is 28.8 Å². The van der Waals surface area contributed by atoms with E-state index in [1.54, 1.807) is 4.90 Å². The second-order valence-corrected chi connectivity index (χ2v) is 7.07. The highest BCUT2D eigenvalue weighted by atomic mass is 32.1. The van der Waals surface area contributed by atoms with E-state index in [-0.39, 0.29) is 11.5 Å². The largest absolute Gasteiger partial charge is 0.383 e. The number of hydrogen-bond donors (Lipinski definition) is 3. The molecule has 2 aromatic rings. The minimum Gasteiger partial charge on any atom is -0.383 e. The Bertz CT molecular complexity index is 949. The van der Waals surface area contributed by atoms with Gasteiger partial charge in [0.15, 0.2) is 10.8 Å². The summed E-state index contributed by atoms with van der Waals surface area (Å²) in [6.45, 7) is 8.99. The van der Waals surface area contributed by atoms with Crippen LogP contribution in [-0.2, 0) is 13.1 Å². The lowest BCUT2D eigenvalue weighted by atomic mass is 10.2. The van der Waals surface area contributed by atoms with Gasteiger partial charge in [-0.1, -0.05) is 55.8 Å². The topological polar surface area (TPSA) is 96.2 Å². The molecule has 0 amide bonds. The van der Waals surface area contributed by atoms with Crippen molar-refractivity contribution in [2.45, 2.75) is 39.8 Å². The van der Waals surface area contributed by atoms with Gasteiger partial charge in [0.2, 0.25) is 0 Å². The van der Waals surface area contributed by atoms with Crippen LogP contribution in [0.4, 0.5) is 11.5 Å². The van der Waals surface area contributed by atoms with Crippen LogP contribution in [0.1, 0.15) is 32.3 Å². The van der Waals surface area contributed by atoms with Crippen LogP contribution >= 0.6 is 12.2 Å². The van der Waals surface area contributed by atoms with Crippen LogP contribution in [0, 0.1) is 0 Å². The smallest absolute Gasteiger partial charge is 0.330 e. The molecule has 0 saturated heterocycles. The Morgan fingerprint density at radius 2 is 2.00 bits per heavy atom. The third-order valence-electron chi connectivity index (χ3n) is 4.19. The van der Waals surface area contributed by atoms with Crippen LogP contribution in [0.15, 0.2) is 52.1 Å². The number of nitrogens with two attached hydrogens (primary N) is 1. The molecule has 0 aliphatic rings. The number of thiocarbonyl (C=S) groups is 1. The second-order valence-electron chi connectivity index (χ2n) is 6.69. The maximum Gasteiger partial charge on any atom is 0.330 e. The van der Waals surface area contributed by atoms with E-state index in [9.17, 15) is 9.59 Å². The van der Waals surface area contributed by atoms with Crippen LogP contribution in [0.25, 0.3) is 0 Å². The summed E-state index contributed by atoms with van der Waals surface area (Å²) in [5.74, 6) is 0.109. The van der Waals surface area contributed by atoms with Gasteiger partial charge in [0.25, 0.3) is 5.56 Å². The summed E-state index contributed by atoms with van der Waals surface area (Å²) in [4.78, 5) is 28.9. The highest BCUT2D eigenvalue weighted by Crippen LogP contribution is 2.20. The predicted molar refractivity (Wildman–Crippen MR) is 119 cm³/mol.